The van der Waals surface area contributed by atoms with Crippen molar-refractivity contribution in [3.63, 3.8) is 0 Å². The van der Waals surface area contributed by atoms with Crippen molar-refractivity contribution in [2.24, 2.45) is 0 Å². The minimum absolute atomic E-state index is 0.781. The second kappa shape index (κ2) is 3.41. The normalized spacial score (nSPS) is 17.9. The van der Waals surface area contributed by atoms with Crippen LogP contribution in [0.15, 0.2) is 18.2 Å². The Morgan fingerprint density at radius 1 is 1.23 bits per heavy atom. The van der Waals surface area contributed by atoms with Crippen molar-refractivity contribution in [2.75, 3.05) is 5.73 Å². The molecule has 1 fully saturated rings. The lowest BCUT2D eigenvalue weighted by Gasteiger charge is -2.13. The molecule has 0 bridgehead atoms. The molecule has 0 spiro atoms. The molecule has 0 aromatic heterocycles. The van der Waals surface area contributed by atoms with Gasteiger partial charge in [-0.05, 0) is 48.9 Å². The molecule has 13 heavy (non-hydrogen) atoms. The molecule has 1 aliphatic carbocycles. The standard InChI is InChI=1S/C12H17N/c1-9-6-7-11(13)8-12(9)10-4-2-3-5-10/h6-8,10H,2-5,13H2,1H3. The smallest absolute Gasteiger partial charge is 0.0317 e. The molecule has 1 aromatic rings. The van der Waals surface area contributed by atoms with Gasteiger partial charge in [0.1, 0.15) is 0 Å². The van der Waals surface area contributed by atoms with E-state index in [1.54, 1.807) is 0 Å². The lowest BCUT2D eigenvalue weighted by Crippen LogP contribution is -1.97. The van der Waals surface area contributed by atoms with Crippen molar-refractivity contribution in [2.45, 2.75) is 38.5 Å². The fourth-order valence-electron chi connectivity index (χ4n) is 2.34. The first-order chi connectivity index (χ1) is 6.27. The summed E-state index contributed by atoms with van der Waals surface area (Å²) in [4.78, 5) is 0. The van der Waals surface area contributed by atoms with Crippen molar-refractivity contribution in [1.82, 2.24) is 0 Å². The maximum Gasteiger partial charge on any atom is 0.0317 e. The number of nitrogens with two attached hydrogens (primary N) is 1. The van der Waals surface area contributed by atoms with Gasteiger partial charge in [-0.3, -0.25) is 0 Å². The third-order valence-corrected chi connectivity index (χ3v) is 3.10. The molecule has 1 saturated carbocycles. The SMILES string of the molecule is Cc1ccc(N)cc1C1CCCC1. The highest BCUT2D eigenvalue weighted by molar-refractivity contribution is 5.45. The third-order valence-electron chi connectivity index (χ3n) is 3.10. The maximum absolute atomic E-state index is 5.80. The van der Waals surface area contributed by atoms with Gasteiger partial charge >= 0.3 is 0 Å². The summed E-state index contributed by atoms with van der Waals surface area (Å²) >= 11 is 0. The zero-order chi connectivity index (χ0) is 9.26. The predicted octanol–water partition coefficient (Wildman–Crippen LogP) is 3.23. The van der Waals surface area contributed by atoms with Crippen LogP contribution in [-0.4, -0.2) is 0 Å². The average molecular weight is 175 g/mol. The Kier molecular flexibility index (Phi) is 2.26. The summed E-state index contributed by atoms with van der Waals surface area (Å²) in [7, 11) is 0. The number of nitrogen functional groups attached to an aromatic ring is 1. The van der Waals surface area contributed by atoms with Gasteiger partial charge in [0.2, 0.25) is 0 Å². The molecule has 1 nitrogen and oxygen atoms in total. The van der Waals surface area contributed by atoms with Crippen LogP contribution in [0.4, 0.5) is 5.69 Å². The molecular weight excluding hydrogens is 158 g/mol. The van der Waals surface area contributed by atoms with E-state index in [-0.39, 0.29) is 0 Å². The summed E-state index contributed by atoms with van der Waals surface area (Å²) in [6, 6.07) is 6.29. The Hall–Kier alpha value is -0.980. The molecule has 0 radical (unpaired) electrons. The number of aryl methyl sites for hydroxylation is 1. The van der Waals surface area contributed by atoms with E-state index in [4.69, 9.17) is 5.73 Å². The highest BCUT2D eigenvalue weighted by Gasteiger charge is 2.18. The van der Waals surface area contributed by atoms with Crippen LogP contribution in [0, 0.1) is 6.92 Å². The van der Waals surface area contributed by atoms with Gasteiger partial charge in [-0.15, -0.1) is 0 Å². The van der Waals surface area contributed by atoms with E-state index in [0.717, 1.165) is 11.6 Å². The molecule has 0 atom stereocenters. The Morgan fingerprint density at radius 3 is 2.62 bits per heavy atom. The van der Waals surface area contributed by atoms with E-state index in [0.29, 0.717) is 0 Å². The Balaban J connectivity index is 2.32. The molecule has 2 rings (SSSR count). The quantitative estimate of drug-likeness (QED) is 0.651. The molecule has 0 aliphatic heterocycles. The van der Waals surface area contributed by atoms with Crippen molar-refractivity contribution in [3.8, 4) is 0 Å². The molecule has 0 saturated heterocycles. The predicted molar refractivity (Wildman–Crippen MR) is 56.8 cm³/mol. The number of rotatable bonds is 1. The summed E-state index contributed by atoms with van der Waals surface area (Å²) in [6.45, 7) is 2.19. The molecule has 70 valence electrons. The van der Waals surface area contributed by atoms with Crippen LogP contribution >= 0.6 is 0 Å². The fourth-order valence-corrected chi connectivity index (χ4v) is 2.34. The summed E-state index contributed by atoms with van der Waals surface area (Å²) < 4.78 is 0. The van der Waals surface area contributed by atoms with E-state index in [9.17, 15) is 0 Å². The molecular formula is C12H17N. The van der Waals surface area contributed by atoms with E-state index in [1.807, 2.05) is 6.07 Å². The van der Waals surface area contributed by atoms with Gasteiger partial charge in [0.25, 0.3) is 0 Å². The van der Waals surface area contributed by atoms with Crippen LogP contribution in [0.1, 0.15) is 42.7 Å². The minimum Gasteiger partial charge on any atom is -0.399 e. The number of hydrogen-bond acceptors (Lipinski definition) is 1. The van der Waals surface area contributed by atoms with Crippen LogP contribution in [-0.2, 0) is 0 Å². The number of benzene rings is 1. The zero-order valence-electron chi connectivity index (χ0n) is 8.22. The van der Waals surface area contributed by atoms with Crippen molar-refractivity contribution < 1.29 is 0 Å². The molecule has 2 N–H and O–H groups in total. The van der Waals surface area contributed by atoms with Crippen LogP contribution in [0.5, 0.6) is 0 Å². The maximum atomic E-state index is 5.80. The van der Waals surface area contributed by atoms with Crippen molar-refractivity contribution in [1.29, 1.82) is 0 Å². The summed E-state index contributed by atoms with van der Waals surface area (Å²) in [5, 5.41) is 0. The topological polar surface area (TPSA) is 26.0 Å². The second-order valence-corrected chi connectivity index (χ2v) is 4.10. The first-order valence-electron chi connectivity index (χ1n) is 5.13. The van der Waals surface area contributed by atoms with Crippen LogP contribution < -0.4 is 5.73 Å². The molecule has 1 heteroatoms. The summed E-state index contributed by atoms with van der Waals surface area (Å²) in [5.74, 6) is 0.781. The van der Waals surface area contributed by atoms with Crippen LogP contribution in [0.2, 0.25) is 0 Å². The van der Waals surface area contributed by atoms with E-state index in [2.05, 4.69) is 19.1 Å². The third kappa shape index (κ3) is 1.69. The van der Waals surface area contributed by atoms with Gasteiger partial charge in [0, 0.05) is 5.69 Å². The van der Waals surface area contributed by atoms with Gasteiger partial charge in [0.05, 0.1) is 0 Å². The lowest BCUT2D eigenvalue weighted by molar-refractivity contribution is 0.718. The fraction of sp³-hybridized carbons (Fsp3) is 0.500. The van der Waals surface area contributed by atoms with E-state index < -0.39 is 0 Å². The van der Waals surface area contributed by atoms with E-state index >= 15 is 0 Å². The highest BCUT2D eigenvalue weighted by Crippen LogP contribution is 2.36. The van der Waals surface area contributed by atoms with Crippen molar-refractivity contribution in [3.05, 3.63) is 29.3 Å². The molecule has 0 unspecified atom stereocenters. The Morgan fingerprint density at radius 2 is 1.92 bits per heavy atom. The zero-order valence-corrected chi connectivity index (χ0v) is 8.22. The lowest BCUT2D eigenvalue weighted by atomic mass is 9.93. The largest absolute Gasteiger partial charge is 0.399 e. The van der Waals surface area contributed by atoms with Gasteiger partial charge in [0.15, 0.2) is 0 Å². The monoisotopic (exact) mass is 175 g/mol. The molecule has 0 amide bonds. The Labute approximate surface area is 80.0 Å². The van der Waals surface area contributed by atoms with Gasteiger partial charge in [-0.2, -0.15) is 0 Å². The van der Waals surface area contributed by atoms with Crippen molar-refractivity contribution >= 4 is 5.69 Å². The van der Waals surface area contributed by atoms with Gasteiger partial charge < -0.3 is 5.73 Å². The first-order valence-corrected chi connectivity index (χ1v) is 5.13. The number of anilines is 1. The molecule has 1 aliphatic rings. The van der Waals surface area contributed by atoms with E-state index in [1.165, 1.54) is 36.8 Å². The molecule has 1 aromatic carbocycles. The van der Waals surface area contributed by atoms with Crippen LogP contribution in [0.25, 0.3) is 0 Å². The molecule has 0 heterocycles. The summed E-state index contributed by atoms with van der Waals surface area (Å²) in [6.07, 6.45) is 5.48. The second-order valence-electron chi connectivity index (χ2n) is 4.10. The summed E-state index contributed by atoms with van der Waals surface area (Å²) in [5.41, 5.74) is 9.59. The minimum atomic E-state index is 0.781. The number of hydrogen-bond donors (Lipinski definition) is 1. The van der Waals surface area contributed by atoms with Gasteiger partial charge in [-0.25, -0.2) is 0 Å². The Bertz CT molecular complexity index is 298. The van der Waals surface area contributed by atoms with Crippen LogP contribution in [0.3, 0.4) is 0 Å². The average Bonchev–Trinajstić information content (AvgIpc) is 2.61. The first kappa shape index (κ1) is 8.61. The van der Waals surface area contributed by atoms with Gasteiger partial charge in [-0.1, -0.05) is 18.9 Å². The highest BCUT2D eigenvalue weighted by atomic mass is 14.5.